The van der Waals surface area contributed by atoms with Crippen molar-refractivity contribution in [1.29, 1.82) is 0 Å². The van der Waals surface area contributed by atoms with Gasteiger partial charge in [-0.2, -0.15) is 0 Å². The summed E-state index contributed by atoms with van der Waals surface area (Å²) in [5, 5.41) is 13.6. The van der Waals surface area contributed by atoms with Crippen molar-refractivity contribution in [3.63, 3.8) is 0 Å². The number of rotatable bonds is 40. The number of nitrogens with one attached hydrogen (secondary N) is 1. The molecule has 0 bridgehead atoms. The minimum atomic E-state index is -4.35. The highest BCUT2D eigenvalue weighted by molar-refractivity contribution is 7.47. The predicted octanol–water partition coefficient (Wildman–Crippen LogP) is 12.1. The van der Waals surface area contributed by atoms with Gasteiger partial charge in [-0.15, -0.1) is 0 Å². The standard InChI is InChI=1S/C44H83N2O6P/c1-3-5-7-9-11-13-15-17-19-21-22-24-26-28-30-32-34-36-38-44(48)46-42(41-52-53(49,50)51-40-39-45)43(47)37-35-33-31-29-27-25-23-20-18-16-14-12-10-8-6-4-2/h13,15,19,21,27,29,35,37,42-43,47H,3-12,14,16-18,20,22-26,28,30-34,36,38-41,45H2,1-2H3,(H,46,48)(H,49,50)/b15-13-,21-19-,29-27+,37-35+. The zero-order valence-electron chi connectivity index (χ0n) is 34.2. The first-order valence-electron chi connectivity index (χ1n) is 21.8. The van der Waals surface area contributed by atoms with Crippen molar-refractivity contribution in [1.82, 2.24) is 5.32 Å². The molecule has 0 heterocycles. The third-order valence-electron chi connectivity index (χ3n) is 9.38. The number of aliphatic hydroxyl groups is 1. The predicted molar refractivity (Wildman–Crippen MR) is 226 cm³/mol. The smallest absolute Gasteiger partial charge is 0.387 e. The molecule has 5 N–H and O–H groups in total. The van der Waals surface area contributed by atoms with Crippen molar-refractivity contribution in [2.75, 3.05) is 19.8 Å². The van der Waals surface area contributed by atoms with E-state index in [0.717, 1.165) is 57.8 Å². The van der Waals surface area contributed by atoms with E-state index in [1.165, 1.54) is 116 Å². The van der Waals surface area contributed by atoms with E-state index in [1.807, 2.05) is 6.08 Å². The number of aliphatic hydroxyl groups excluding tert-OH is 1. The van der Waals surface area contributed by atoms with Crippen LogP contribution in [0.3, 0.4) is 0 Å². The number of allylic oxidation sites excluding steroid dienone is 7. The van der Waals surface area contributed by atoms with Crippen LogP contribution < -0.4 is 11.1 Å². The molecule has 0 aliphatic heterocycles. The number of phosphoric ester groups is 1. The zero-order valence-corrected chi connectivity index (χ0v) is 35.1. The first-order chi connectivity index (χ1) is 25.9. The minimum Gasteiger partial charge on any atom is -0.387 e. The molecular formula is C44H83N2O6P. The normalized spacial score (nSPS) is 14.6. The number of hydrogen-bond acceptors (Lipinski definition) is 6. The van der Waals surface area contributed by atoms with Crippen molar-refractivity contribution in [3.8, 4) is 0 Å². The second-order valence-corrected chi connectivity index (χ2v) is 16.0. The van der Waals surface area contributed by atoms with Gasteiger partial charge in [-0.3, -0.25) is 13.8 Å². The Hall–Kier alpha value is -1.54. The molecule has 0 aromatic rings. The van der Waals surface area contributed by atoms with E-state index in [0.29, 0.717) is 6.42 Å². The lowest BCUT2D eigenvalue weighted by molar-refractivity contribution is -0.123. The maximum Gasteiger partial charge on any atom is 0.472 e. The lowest BCUT2D eigenvalue weighted by Gasteiger charge is -2.23. The van der Waals surface area contributed by atoms with Crippen LogP contribution in [0.5, 0.6) is 0 Å². The van der Waals surface area contributed by atoms with Crippen molar-refractivity contribution in [3.05, 3.63) is 48.6 Å². The summed E-state index contributed by atoms with van der Waals surface area (Å²) in [5.41, 5.74) is 5.37. The van der Waals surface area contributed by atoms with Gasteiger partial charge in [0.2, 0.25) is 5.91 Å². The summed E-state index contributed by atoms with van der Waals surface area (Å²) in [5.74, 6) is -0.213. The largest absolute Gasteiger partial charge is 0.472 e. The Kier molecular flexibility index (Phi) is 39.0. The summed E-state index contributed by atoms with van der Waals surface area (Å²) in [4.78, 5) is 22.7. The summed E-state index contributed by atoms with van der Waals surface area (Å²) in [6, 6.07) is -0.881. The summed E-state index contributed by atoms with van der Waals surface area (Å²) >= 11 is 0. The number of carbonyl (C=O) groups excluding carboxylic acids is 1. The molecule has 9 heteroatoms. The molecule has 3 unspecified atom stereocenters. The molecular weight excluding hydrogens is 683 g/mol. The molecule has 0 rings (SSSR count). The maximum atomic E-state index is 12.7. The van der Waals surface area contributed by atoms with Crippen LogP contribution in [0.2, 0.25) is 0 Å². The number of nitrogens with two attached hydrogens (primary N) is 1. The quantitative estimate of drug-likeness (QED) is 0.0277. The van der Waals surface area contributed by atoms with Crippen LogP contribution in [-0.2, 0) is 18.4 Å². The van der Waals surface area contributed by atoms with Gasteiger partial charge in [-0.05, 0) is 64.2 Å². The van der Waals surface area contributed by atoms with Crippen LogP contribution in [0.1, 0.15) is 194 Å². The number of phosphoric acid groups is 1. The number of amides is 1. The molecule has 0 radical (unpaired) electrons. The summed E-state index contributed by atoms with van der Waals surface area (Å²) in [7, 11) is -4.35. The van der Waals surface area contributed by atoms with E-state index in [1.54, 1.807) is 6.08 Å². The van der Waals surface area contributed by atoms with Gasteiger partial charge in [0.05, 0.1) is 25.4 Å². The summed E-state index contributed by atoms with van der Waals surface area (Å²) in [6.45, 7) is 4.09. The van der Waals surface area contributed by atoms with Gasteiger partial charge in [0.25, 0.3) is 0 Å². The average Bonchev–Trinajstić information content (AvgIpc) is 3.14. The number of hydrogen-bond donors (Lipinski definition) is 4. The highest BCUT2D eigenvalue weighted by Crippen LogP contribution is 2.43. The van der Waals surface area contributed by atoms with Crippen molar-refractivity contribution < 1.29 is 28.4 Å². The van der Waals surface area contributed by atoms with E-state index < -0.39 is 20.0 Å². The fourth-order valence-corrected chi connectivity index (χ4v) is 6.82. The number of unbranched alkanes of at least 4 members (excludes halogenated alkanes) is 22. The molecule has 1 amide bonds. The maximum absolute atomic E-state index is 12.7. The van der Waals surface area contributed by atoms with Crippen molar-refractivity contribution in [2.45, 2.75) is 206 Å². The second-order valence-electron chi connectivity index (χ2n) is 14.5. The van der Waals surface area contributed by atoms with Gasteiger partial charge in [-0.1, -0.05) is 172 Å². The van der Waals surface area contributed by atoms with Gasteiger partial charge in [0.1, 0.15) is 0 Å². The third-order valence-corrected chi connectivity index (χ3v) is 10.4. The fraction of sp³-hybridized carbons (Fsp3) is 0.795. The zero-order chi connectivity index (χ0) is 38.9. The molecule has 0 saturated carbocycles. The molecule has 0 spiro atoms. The molecule has 0 aromatic carbocycles. The molecule has 3 atom stereocenters. The number of carbonyl (C=O) groups is 1. The highest BCUT2D eigenvalue weighted by Gasteiger charge is 2.26. The molecule has 310 valence electrons. The Morgan fingerprint density at radius 3 is 1.58 bits per heavy atom. The Balaban J connectivity index is 4.29. The van der Waals surface area contributed by atoms with E-state index in [4.69, 9.17) is 14.8 Å². The average molecular weight is 767 g/mol. The van der Waals surface area contributed by atoms with Crippen LogP contribution in [-0.4, -0.2) is 47.8 Å². The van der Waals surface area contributed by atoms with E-state index in [9.17, 15) is 19.4 Å². The topological polar surface area (TPSA) is 131 Å². The Bertz CT molecular complexity index is 970. The first-order valence-corrected chi connectivity index (χ1v) is 23.3. The van der Waals surface area contributed by atoms with Gasteiger partial charge in [0, 0.05) is 13.0 Å². The van der Waals surface area contributed by atoms with Crippen LogP contribution in [0.4, 0.5) is 0 Å². The van der Waals surface area contributed by atoms with Gasteiger partial charge < -0.3 is 21.1 Å². The minimum absolute atomic E-state index is 0.0713. The molecule has 0 fully saturated rings. The van der Waals surface area contributed by atoms with E-state index in [2.05, 4.69) is 55.6 Å². The van der Waals surface area contributed by atoms with Gasteiger partial charge >= 0.3 is 7.82 Å². The van der Waals surface area contributed by atoms with Gasteiger partial charge in [-0.25, -0.2) is 4.57 Å². The van der Waals surface area contributed by atoms with Crippen molar-refractivity contribution >= 4 is 13.7 Å². The van der Waals surface area contributed by atoms with Crippen molar-refractivity contribution in [2.24, 2.45) is 5.73 Å². The fourth-order valence-electron chi connectivity index (χ4n) is 6.06. The molecule has 8 nitrogen and oxygen atoms in total. The first kappa shape index (κ1) is 51.5. The van der Waals surface area contributed by atoms with E-state index in [-0.39, 0.29) is 25.7 Å². The monoisotopic (exact) mass is 767 g/mol. The molecule has 0 saturated heterocycles. The van der Waals surface area contributed by atoms with E-state index >= 15 is 0 Å². The summed E-state index contributed by atoms with van der Waals surface area (Å²) in [6.07, 6.45) is 48.7. The van der Waals surface area contributed by atoms with Gasteiger partial charge in [0.15, 0.2) is 0 Å². The Morgan fingerprint density at radius 1 is 0.623 bits per heavy atom. The lowest BCUT2D eigenvalue weighted by Crippen LogP contribution is -2.45. The SMILES string of the molecule is CCCCCC/C=C\C/C=C\CCCCCCCCCC(=O)NC(COP(=O)(O)OCCN)C(O)/C=C/CC/C=C/CCCCCCCCCCCC. The lowest BCUT2D eigenvalue weighted by atomic mass is 10.1. The Morgan fingerprint density at radius 2 is 1.06 bits per heavy atom. The molecule has 53 heavy (non-hydrogen) atoms. The molecule has 0 aliphatic rings. The molecule has 0 aromatic heterocycles. The molecule has 0 aliphatic carbocycles. The van der Waals surface area contributed by atoms with Crippen LogP contribution in [0.25, 0.3) is 0 Å². The van der Waals surface area contributed by atoms with Crippen LogP contribution >= 0.6 is 7.82 Å². The van der Waals surface area contributed by atoms with Crippen LogP contribution in [0, 0.1) is 0 Å². The highest BCUT2D eigenvalue weighted by atomic mass is 31.2. The Labute approximate surface area is 326 Å². The second kappa shape index (κ2) is 40.1. The summed E-state index contributed by atoms with van der Waals surface area (Å²) < 4.78 is 22.1. The van der Waals surface area contributed by atoms with Crippen LogP contribution in [0.15, 0.2) is 48.6 Å². The third kappa shape index (κ3) is 38.5.